The molecule has 0 aromatic rings. The summed E-state index contributed by atoms with van der Waals surface area (Å²) >= 11 is 0. The lowest BCUT2D eigenvalue weighted by Crippen LogP contribution is -2.39. The van der Waals surface area contributed by atoms with Gasteiger partial charge in [-0.05, 0) is 12.8 Å². The lowest BCUT2D eigenvalue weighted by atomic mass is 9.82. The van der Waals surface area contributed by atoms with Crippen LogP contribution in [0.3, 0.4) is 0 Å². The molecule has 4 nitrogen and oxygen atoms in total. The summed E-state index contributed by atoms with van der Waals surface area (Å²) in [7, 11) is 1.32. The maximum absolute atomic E-state index is 11.5. The van der Waals surface area contributed by atoms with Gasteiger partial charge in [0, 0.05) is 6.54 Å². The average molecular weight is 185 g/mol. The molecule has 74 valence electrons. The van der Waals surface area contributed by atoms with Crippen molar-refractivity contribution in [2.45, 2.75) is 26.2 Å². The Morgan fingerprint density at radius 3 is 2.77 bits per heavy atom. The molecule has 1 aliphatic heterocycles. The van der Waals surface area contributed by atoms with Gasteiger partial charge in [-0.3, -0.25) is 9.59 Å². The first-order chi connectivity index (χ1) is 6.17. The molecule has 0 saturated carbocycles. The summed E-state index contributed by atoms with van der Waals surface area (Å²) in [5.41, 5.74) is -0.899. The minimum Gasteiger partial charge on any atom is -0.468 e. The lowest BCUT2D eigenvalue weighted by Gasteiger charge is -2.21. The SMILES string of the molecule is CCC[C@@]1(C(=O)OC)CCNC1=O. The first kappa shape index (κ1) is 10.0. The highest BCUT2D eigenvalue weighted by atomic mass is 16.5. The minimum absolute atomic E-state index is 0.179. The molecule has 0 spiro atoms. The molecule has 0 unspecified atom stereocenters. The number of methoxy groups -OCH3 is 1. The summed E-state index contributed by atoms with van der Waals surface area (Å²) in [6, 6.07) is 0. The van der Waals surface area contributed by atoms with Crippen LogP contribution in [0.15, 0.2) is 0 Å². The molecule has 1 N–H and O–H groups in total. The Bertz CT molecular complexity index is 227. The van der Waals surface area contributed by atoms with Gasteiger partial charge in [-0.15, -0.1) is 0 Å². The van der Waals surface area contributed by atoms with E-state index in [-0.39, 0.29) is 5.91 Å². The van der Waals surface area contributed by atoms with E-state index in [4.69, 9.17) is 0 Å². The predicted molar refractivity (Wildman–Crippen MR) is 47.0 cm³/mol. The third kappa shape index (κ3) is 1.53. The van der Waals surface area contributed by atoms with Crippen LogP contribution in [0.5, 0.6) is 0 Å². The molecule has 1 atom stereocenters. The third-order valence-electron chi connectivity index (χ3n) is 2.52. The molecule has 0 radical (unpaired) electrons. The molecule has 13 heavy (non-hydrogen) atoms. The average Bonchev–Trinajstić information content (AvgIpc) is 2.48. The van der Waals surface area contributed by atoms with E-state index < -0.39 is 11.4 Å². The Morgan fingerprint density at radius 1 is 1.69 bits per heavy atom. The van der Waals surface area contributed by atoms with E-state index in [0.29, 0.717) is 19.4 Å². The van der Waals surface area contributed by atoms with Crippen LogP contribution in [-0.2, 0) is 14.3 Å². The Morgan fingerprint density at radius 2 is 2.38 bits per heavy atom. The van der Waals surface area contributed by atoms with Gasteiger partial charge in [0.15, 0.2) is 0 Å². The summed E-state index contributed by atoms with van der Waals surface area (Å²) in [4.78, 5) is 22.9. The Kier molecular flexibility index (Phi) is 2.90. The Labute approximate surface area is 77.6 Å². The van der Waals surface area contributed by atoms with Crippen molar-refractivity contribution >= 4 is 11.9 Å². The first-order valence-electron chi connectivity index (χ1n) is 4.54. The molecule has 0 aliphatic carbocycles. The molecule has 0 aromatic heterocycles. The molecule has 1 aliphatic rings. The molecular formula is C9H15NO3. The highest BCUT2D eigenvalue weighted by Crippen LogP contribution is 2.33. The number of hydrogen-bond donors (Lipinski definition) is 1. The van der Waals surface area contributed by atoms with Crippen LogP contribution in [0, 0.1) is 5.41 Å². The van der Waals surface area contributed by atoms with Crippen LogP contribution in [0.25, 0.3) is 0 Å². The number of hydrogen-bond acceptors (Lipinski definition) is 3. The maximum atomic E-state index is 11.5. The van der Waals surface area contributed by atoms with Crippen molar-refractivity contribution < 1.29 is 14.3 Å². The van der Waals surface area contributed by atoms with Gasteiger partial charge in [0.25, 0.3) is 0 Å². The van der Waals surface area contributed by atoms with Crippen molar-refractivity contribution in [1.29, 1.82) is 0 Å². The molecule has 1 amide bonds. The fraction of sp³-hybridized carbons (Fsp3) is 0.778. The van der Waals surface area contributed by atoms with Gasteiger partial charge in [0.05, 0.1) is 7.11 Å². The largest absolute Gasteiger partial charge is 0.468 e. The Hall–Kier alpha value is -1.06. The van der Waals surface area contributed by atoms with Crippen molar-refractivity contribution in [3.8, 4) is 0 Å². The summed E-state index contributed by atoms with van der Waals surface area (Å²) in [6.07, 6.45) is 1.94. The second kappa shape index (κ2) is 3.77. The summed E-state index contributed by atoms with van der Waals surface area (Å²) < 4.78 is 4.66. The van der Waals surface area contributed by atoms with E-state index >= 15 is 0 Å². The van der Waals surface area contributed by atoms with Crippen molar-refractivity contribution in [2.24, 2.45) is 5.41 Å². The molecule has 4 heteroatoms. The van der Waals surface area contributed by atoms with E-state index in [9.17, 15) is 9.59 Å². The van der Waals surface area contributed by atoms with Crippen molar-refractivity contribution in [2.75, 3.05) is 13.7 Å². The summed E-state index contributed by atoms with van der Waals surface area (Å²) in [6.45, 7) is 2.53. The van der Waals surface area contributed by atoms with Gasteiger partial charge in [-0.2, -0.15) is 0 Å². The first-order valence-corrected chi connectivity index (χ1v) is 4.54. The number of nitrogens with one attached hydrogen (secondary N) is 1. The van der Waals surface area contributed by atoms with E-state index in [2.05, 4.69) is 10.1 Å². The number of carbonyl (C=O) groups excluding carboxylic acids is 2. The van der Waals surface area contributed by atoms with Gasteiger partial charge in [0.1, 0.15) is 5.41 Å². The molecule has 1 fully saturated rings. The second-order valence-electron chi connectivity index (χ2n) is 3.33. The summed E-state index contributed by atoms with van der Waals surface area (Å²) in [5, 5.41) is 2.67. The van der Waals surface area contributed by atoms with E-state index in [1.54, 1.807) is 0 Å². The van der Waals surface area contributed by atoms with E-state index in [0.717, 1.165) is 6.42 Å². The van der Waals surface area contributed by atoms with Gasteiger partial charge in [-0.25, -0.2) is 0 Å². The van der Waals surface area contributed by atoms with Crippen LogP contribution in [0.2, 0.25) is 0 Å². The van der Waals surface area contributed by atoms with Gasteiger partial charge in [0.2, 0.25) is 5.91 Å². The number of rotatable bonds is 3. The van der Waals surface area contributed by atoms with Gasteiger partial charge < -0.3 is 10.1 Å². The molecule has 1 heterocycles. The van der Waals surface area contributed by atoms with Crippen LogP contribution >= 0.6 is 0 Å². The predicted octanol–water partition coefficient (Wildman–Crippen LogP) is 0.466. The second-order valence-corrected chi connectivity index (χ2v) is 3.33. The maximum Gasteiger partial charge on any atom is 0.321 e. The zero-order chi connectivity index (χ0) is 9.90. The van der Waals surface area contributed by atoms with Gasteiger partial charge >= 0.3 is 5.97 Å². The van der Waals surface area contributed by atoms with Crippen LogP contribution in [0.1, 0.15) is 26.2 Å². The topological polar surface area (TPSA) is 55.4 Å². The van der Waals surface area contributed by atoms with E-state index in [1.165, 1.54) is 7.11 Å². The molecule has 0 aromatic carbocycles. The number of amides is 1. The highest BCUT2D eigenvalue weighted by molar-refractivity contribution is 6.04. The third-order valence-corrected chi connectivity index (χ3v) is 2.52. The number of carbonyl (C=O) groups is 2. The number of ether oxygens (including phenoxy) is 1. The Balaban J connectivity index is 2.86. The quantitative estimate of drug-likeness (QED) is 0.513. The van der Waals surface area contributed by atoms with Crippen molar-refractivity contribution in [1.82, 2.24) is 5.32 Å². The molecule has 1 rings (SSSR count). The smallest absolute Gasteiger partial charge is 0.321 e. The van der Waals surface area contributed by atoms with Crippen molar-refractivity contribution in [3.63, 3.8) is 0 Å². The van der Waals surface area contributed by atoms with Crippen LogP contribution in [0.4, 0.5) is 0 Å². The molecular weight excluding hydrogens is 170 g/mol. The van der Waals surface area contributed by atoms with Gasteiger partial charge in [-0.1, -0.05) is 13.3 Å². The minimum atomic E-state index is -0.899. The fourth-order valence-electron chi connectivity index (χ4n) is 1.83. The van der Waals surface area contributed by atoms with E-state index in [1.807, 2.05) is 6.92 Å². The van der Waals surface area contributed by atoms with Crippen molar-refractivity contribution in [3.05, 3.63) is 0 Å². The molecule has 1 saturated heterocycles. The van der Waals surface area contributed by atoms with Crippen LogP contribution in [-0.4, -0.2) is 25.5 Å². The highest BCUT2D eigenvalue weighted by Gasteiger charge is 2.49. The lowest BCUT2D eigenvalue weighted by molar-refractivity contribution is -0.157. The molecule has 0 bridgehead atoms. The van der Waals surface area contributed by atoms with Crippen LogP contribution < -0.4 is 5.32 Å². The zero-order valence-electron chi connectivity index (χ0n) is 8.05. The number of esters is 1. The summed E-state index contributed by atoms with van der Waals surface area (Å²) in [5.74, 6) is -0.578. The normalized spacial score (nSPS) is 27.1. The standard InChI is InChI=1S/C9H15NO3/c1-3-4-9(8(12)13-2)5-6-10-7(9)11/h3-6H2,1-2H3,(H,10,11)/t9-/m1/s1. The zero-order valence-corrected chi connectivity index (χ0v) is 8.05. The monoisotopic (exact) mass is 185 g/mol. The fourth-order valence-corrected chi connectivity index (χ4v) is 1.83.